The van der Waals surface area contributed by atoms with Crippen molar-refractivity contribution in [2.24, 2.45) is 5.92 Å². The third-order valence-corrected chi connectivity index (χ3v) is 3.24. The lowest BCUT2D eigenvalue weighted by atomic mass is 9.83. The number of carbonyl (C=O) groups is 1. The largest absolute Gasteiger partial charge is 0.466 e. The molecular formula is C17H32O6. The Labute approximate surface area is 139 Å². The van der Waals surface area contributed by atoms with Crippen LogP contribution in [-0.4, -0.2) is 29.6 Å². The maximum absolute atomic E-state index is 12.4. The van der Waals surface area contributed by atoms with Crippen LogP contribution in [0.15, 0.2) is 0 Å². The van der Waals surface area contributed by atoms with Crippen molar-refractivity contribution in [1.82, 2.24) is 0 Å². The smallest absolute Gasteiger partial charge is 0.314 e. The fourth-order valence-corrected chi connectivity index (χ4v) is 2.26. The first-order chi connectivity index (χ1) is 10.5. The summed E-state index contributed by atoms with van der Waals surface area (Å²) in [6.45, 7) is 13.3. The zero-order valence-corrected chi connectivity index (χ0v) is 15.6. The van der Waals surface area contributed by atoms with Crippen LogP contribution in [-0.2, 0) is 29.1 Å². The number of carbonyl (C=O) groups excluding carboxylic acids is 1. The summed E-state index contributed by atoms with van der Waals surface area (Å²) < 4.78 is 5.19. The molecule has 0 bridgehead atoms. The van der Waals surface area contributed by atoms with Gasteiger partial charge in [0.1, 0.15) is 5.92 Å². The second kappa shape index (κ2) is 7.92. The molecule has 0 aromatic rings. The molecule has 23 heavy (non-hydrogen) atoms. The molecule has 0 amide bonds. The molecule has 6 heteroatoms. The zero-order valence-electron chi connectivity index (χ0n) is 15.6. The molecule has 1 atom stereocenters. The number of ether oxygens (including phenoxy) is 1. The van der Waals surface area contributed by atoms with Crippen LogP contribution in [0.25, 0.3) is 0 Å². The summed E-state index contributed by atoms with van der Waals surface area (Å²) >= 11 is 0. The maximum Gasteiger partial charge on any atom is 0.314 e. The third-order valence-electron chi connectivity index (χ3n) is 3.24. The van der Waals surface area contributed by atoms with Crippen LogP contribution in [0.5, 0.6) is 0 Å². The topological polar surface area (TPSA) is 63.2 Å². The highest BCUT2D eigenvalue weighted by molar-refractivity contribution is 5.73. The average molecular weight is 332 g/mol. The summed E-state index contributed by atoms with van der Waals surface area (Å²) in [7, 11) is 0. The second-order valence-electron chi connectivity index (χ2n) is 7.92. The van der Waals surface area contributed by atoms with Crippen molar-refractivity contribution in [3.05, 3.63) is 0 Å². The Kier molecular flexibility index (Phi) is 7.01. The molecule has 1 rings (SSSR count). The molecule has 1 unspecified atom stereocenters. The Morgan fingerprint density at radius 1 is 1.00 bits per heavy atom. The van der Waals surface area contributed by atoms with E-state index in [0.29, 0.717) is 19.4 Å². The SMILES string of the molecule is CCOC(=O)C1CCCCC1(OOC(C)(C)C)OOC(C)(C)C. The Bertz CT molecular complexity index is 362. The van der Waals surface area contributed by atoms with E-state index >= 15 is 0 Å². The lowest BCUT2D eigenvalue weighted by molar-refractivity contribution is -0.553. The fourth-order valence-electron chi connectivity index (χ4n) is 2.26. The van der Waals surface area contributed by atoms with Gasteiger partial charge in [-0.25, -0.2) is 9.78 Å². The molecule has 0 heterocycles. The van der Waals surface area contributed by atoms with Crippen LogP contribution in [0.1, 0.15) is 74.1 Å². The minimum atomic E-state index is -1.29. The number of hydrogen-bond acceptors (Lipinski definition) is 6. The Balaban J connectivity index is 2.99. The molecular weight excluding hydrogens is 300 g/mol. The van der Waals surface area contributed by atoms with E-state index in [4.69, 9.17) is 24.3 Å². The van der Waals surface area contributed by atoms with Crippen LogP contribution in [0.3, 0.4) is 0 Å². The lowest BCUT2D eigenvalue weighted by Crippen LogP contribution is -2.51. The Hall–Kier alpha value is -0.690. The highest BCUT2D eigenvalue weighted by Gasteiger charge is 2.52. The van der Waals surface area contributed by atoms with Crippen molar-refractivity contribution >= 4 is 5.97 Å². The number of esters is 1. The third kappa shape index (κ3) is 6.75. The molecule has 0 aliphatic heterocycles. The quantitative estimate of drug-likeness (QED) is 0.318. The van der Waals surface area contributed by atoms with E-state index in [-0.39, 0.29) is 5.97 Å². The van der Waals surface area contributed by atoms with Gasteiger partial charge < -0.3 is 4.74 Å². The first kappa shape index (κ1) is 20.4. The maximum atomic E-state index is 12.4. The highest BCUT2D eigenvalue weighted by Crippen LogP contribution is 2.40. The normalized spacial score (nSPS) is 22.0. The summed E-state index contributed by atoms with van der Waals surface area (Å²) in [5.74, 6) is -2.21. The minimum absolute atomic E-state index is 0.311. The first-order valence-corrected chi connectivity index (χ1v) is 8.39. The van der Waals surface area contributed by atoms with Crippen molar-refractivity contribution < 1.29 is 29.1 Å². The Morgan fingerprint density at radius 2 is 1.52 bits per heavy atom. The molecule has 0 aromatic carbocycles. The van der Waals surface area contributed by atoms with E-state index in [0.717, 1.165) is 12.8 Å². The van der Waals surface area contributed by atoms with E-state index in [2.05, 4.69) is 0 Å². The summed E-state index contributed by atoms with van der Waals surface area (Å²) in [6, 6.07) is 0. The van der Waals surface area contributed by atoms with Gasteiger partial charge in [0.05, 0.1) is 17.8 Å². The van der Waals surface area contributed by atoms with E-state index in [1.54, 1.807) is 6.92 Å². The van der Waals surface area contributed by atoms with Crippen molar-refractivity contribution in [3.63, 3.8) is 0 Å². The lowest BCUT2D eigenvalue weighted by Gasteiger charge is -2.41. The standard InChI is InChI=1S/C17H32O6/c1-8-19-14(18)13-11-9-10-12-17(13,22-20-15(2,3)4)23-21-16(5,6)7/h13H,8-12H2,1-7H3. The van der Waals surface area contributed by atoms with Crippen molar-refractivity contribution in [1.29, 1.82) is 0 Å². The molecule has 136 valence electrons. The first-order valence-electron chi connectivity index (χ1n) is 8.39. The van der Waals surface area contributed by atoms with Gasteiger partial charge in [-0.3, -0.25) is 4.79 Å². The minimum Gasteiger partial charge on any atom is -0.466 e. The summed E-state index contributed by atoms with van der Waals surface area (Å²) in [4.78, 5) is 34.7. The monoisotopic (exact) mass is 332 g/mol. The van der Waals surface area contributed by atoms with Gasteiger partial charge in [-0.05, 0) is 61.3 Å². The van der Waals surface area contributed by atoms with Crippen LogP contribution in [0.2, 0.25) is 0 Å². The molecule has 1 aliphatic rings. The zero-order chi connectivity index (χ0) is 17.7. The summed E-state index contributed by atoms with van der Waals surface area (Å²) in [6.07, 6.45) is 2.88. The van der Waals surface area contributed by atoms with Gasteiger partial charge in [0.25, 0.3) is 0 Å². The van der Waals surface area contributed by atoms with E-state index in [1.807, 2.05) is 41.5 Å². The van der Waals surface area contributed by atoms with Gasteiger partial charge in [-0.15, -0.1) is 0 Å². The fraction of sp³-hybridized carbons (Fsp3) is 0.941. The van der Waals surface area contributed by atoms with Crippen LogP contribution >= 0.6 is 0 Å². The predicted octanol–water partition coefficient (Wildman–Crippen LogP) is 3.93. The van der Waals surface area contributed by atoms with Gasteiger partial charge in [0.2, 0.25) is 5.79 Å². The molecule has 1 aliphatic carbocycles. The molecule has 0 aromatic heterocycles. The van der Waals surface area contributed by atoms with Crippen LogP contribution in [0, 0.1) is 5.92 Å². The summed E-state index contributed by atoms with van der Waals surface area (Å²) in [5.41, 5.74) is -1.07. The van der Waals surface area contributed by atoms with Crippen molar-refractivity contribution in [2.45, 2.75) is 91.1 Å². The van der Waals surface area contributed by atoms with E-state index in [1.165, 1.54) is 0 Å². The van der Waals surface area contributed by atoms with Gasteiger partial charge in [0.15, 0.2) is 0 Å². The summed E-state index contributed by atoms with van der Waals surface area (Å²) in [5, 5.41) is 0. The van der Waals surface area contributed by atoms with E-state index < -0.39 is 22.9 Å². The Morgan fingerprint density at radius 3 is 1.96 bits per heavy atom. The highest BCUT2D eigenvalue weighted by atomic mass is 17.3. The second-order valence-corrected chi connectivity index (χ2v) is 7.92. The molecule has 0 radical (unpaired) electrons. The molecule has 1 saturated carbocycles. The van der Waals surface area contributed by atoms with Crippen LogP contribution < -0.4 is 0 Å². The number of rotatable bonds is 6. The van der Waals surface area contributed by atoms with Gasteiger partial charge >= 0.3 is 5.97 Å². The van der Waals surface area contributed by atoms with Crippen molar-refractivity contribution in [3.8, 4) is 0 Å². The molecule has 1 fully saturated rings. The van der Waals surface area contributed by atoms with Gasteiger partial charge in [-0.1, -0.05) is 6.42 Å². The average Bonchev–Trinajstić information content (AvgIpc) is 2.42. The number of hydrogen-bond donors (Lipinski definition) is 0. The predicted molar refractivity (Wildman–Crippen MR) is 85.2 cm³/mol. The van der Waals surface area contributed by atoms with Gasteiger partial charge in [0, 0.05) is 6.42 Å². The molecule has 0 spiro atoms. The van der Waals surface area contributed by atoms with Crippen LogP contribution in [0.4, 0.5) is 0 Å². The molecule has 0 saturated heterocycles. The molecule has 6 nitrogen and oxygen atoms in total. The van der Waals surface area contributed by atoms with E-state index in [9.17, 15) is 4.79 Å². The van der Waals surface area contributed by atoms with Gasteiger partial charge in [-0.2, -0.15) is 9.78 Å². The molecule has 0 N–H and O–H groups in total. The van der Waals surface area contributed by atoms with Crippen molar-refractivity contribution in [2.75, 3.05) is 6.61 Å².